The number of benzene rings is 1. The maximum atomic E-state index is 11.8. The second-order valence-electron chi connectivity index (χ2n) is 2.62. The van der Waals surface area contributed by atoms with Gasteiger partial charge in [-0.15, -0.1) is 13.2 Å². The molecule has 0 heterocycles. The largest absolute Gasteiger partial charge is 0.573 e. The first kappa shape index (κ1) is 14.9. The number of aromatic hydroxyl groups is 1. The Balaban J connectivity index is 0.00000106. The number of halogens is 4. The molecule has 2 nitrogen and oxygen atoms in total. The summed E-state index contributed by atoms with van der Waals surface area (Å²) < 4.78 is 39.1. The summed E-state index contributed by atoms with van der Waals surface area (Å²) in [6.45, 7) is 5.44. The van der Waals surface area contributed by atoms with E-state index in [-0.39, 0.29) is 16.3 Å². The SMILES string of the molecule is CC.Cc1cc(OC(F)(F)F)c(Cl)cc1O. The lowest BCUT2D eigenvalue weighted by molar-refractivity contribution is -0.274. The Morgan fingerprint density at radius 3 is 2.19 bits per heavy atom. The van der Waals surface area contributed by atoms with Crippen molar-refractivity contribution in [2.75, 3.05) is 0 Å². The predicted octanol–water partition coefficient (Wildman–Crippen LogP) is 4.28. The molecule has 16 heavy (non-hydrogen) atoms. The first-order valence-corrected chi connectivity index (χ1v) is 4.92. The van der Waals surface area contributed by atoms with Crippen molar-refractivity contribution in [2.24, 2.45) is 0 Å². The third-order valence-electron chi connectivity index (χ3n) is 1.48. The van der Waals surface area contributed by atoms with Crippen molar-refractivity contribution in [2.45, 2.75) is 27.1 Å². The molecule has 6 heteroatoms. The van der Waals surface area contributed by atoms with Gasteiger partial charge in [-0.3, -0.25) is 0 Å². The summed E-state index contributed by atoms with van der Waals surface area (Å²) in [4.78, 5) is 0. The number of hydrogen-bond donors (Lipinski definition) is 1. The van der Waals surface area contributed by atoms with Crippen molar-refractivity contribution in [3.8, 4) is 11.5 Å². The van der Waals surface area contributed by atoms with Gasteiger partial charge < -0.3 is 9.84 Å². The molecule has 0 aliphatic rings. The van der Waals surface area contributed by atoms with Gasteiger partial charge in [-0.2, -0.15) is 0 Å². The maximum Gasteiger partial charge on any atom is 0.573 e. The van der Waals surface area contributed by atoms with E-state index in [1.54, 1.807) is 0 Å². The molecule has 1 N–H and O–H groups in total. The highest BCUT2D eigenvalue weighted by Crippen LogP contribution is 2.34. The molecule has 92 valence electrons. The van der Waals surface area contributed by atoms with Gasteiger partial charge >= 0.3 is 6.36 Å². The minimum absolute atomic E-state index is 0.176. The second kappa shape index (κ2) is 5.84. The van der Waals surface area contributed by atoms with E-state index in [4.69, 9.17) is 16.7 Å². The molecule has 0 atom stereocenters. The van der Waals surface area contributed by atoms with Crippen LogP contribution in [0.3, 0.4) is 0 Å². The highest BCUT2D eigenvalue weighted by molar-refractivity contribution is 6.32. The second-order valence-corrected chi connectivity index (χ2v) is 3.02. The lowest BCUT2D eigenvalue weighted by Gasteiger charge is -2.11. The summed E-state index contributed by atoms with van der Waals surface area (Å²) in [5, 5.41) is 8.81. The van der Waals surface area contributed by atoms with Crippen LogP contribution in [0, 0.1) is 6.92 Å². The van der Waals surface area contributed by atoms with Crippen LogP contribution in [0.15, 0.2) is 12.1 Å². The van der Waals surface area contributed by atoms with Crippen LogP contribution in [0.1, 0.15) is 19.4 Å². The molecular weight excluding hydrogens is 245 g/mol. The average Bonchev–Trinajstić information content (AvgIpc) is 2.15. The van der Waals surface area contributed by atoms with Crippen LogP contribution in [0.2, 0.25) is 5.02 Å². The van der Waals surface area contributed by atoms with E-state index in [0.29, 0.717) is 0 Å². The average molecular weight is 257 g/mol. The summed E-state index contributed by atoms with van der Waals surface area (Å²) in [7, 11) is 0. The van der Waals surface area contributed by atoms with Gasteiger partial charge in [0, 0.05) is 6.07 Å². The van der Waals surface area contributed by atoms with E-state index < -0.39 is 12.1 Å². The molecule has 1 aromatic carbocycles. The van der Waals surface area contributed by atoms with Crippen LogP contribution in [-0.4, -0.2) is 11.5 Å². The molecule has 1 rings (SSSR count). The summed E-state index contributed by atoms with van der Waals surface area (Å²) >= 11 is 5.42. The summed E-state index contributed by atoms with van der Waals surface area (Å²) in [6.07, 6.45) is -4.78. The maximum absolute atomic E-state index is 11.8. The van der Waals surface area contributed by atoms with Gasteiger partial charge in [0.2, 0.25) is 0 Å². The Morgan fingerprint density at radius 1 is 1.25 bits per heavy atom. The molecule has 1 aromatic rings. The van der Waals surface area contributed by atoms with Crippen LogP contribution >= 0.6 is 11.6 Å². The zero-order chi connectivity index (χ0) is 12.9. The summed E-state index contributed by atoms with van der Waals surface area (Å²) in [5.74, 6) is -0.695. The van der Waals surface area contributed by atoms with Crippen LogP contribution in [0.4, 0.5) is 13.2 Å². The standard InChI is InChI=1S/C8H6ClF3O2.C2H6/c1-4-2-7(14-8(10,11)12)5(9)3-6(4)13;1-2/h2-3,13H,1H3;1-2H3. The van der Waals surface area contributed by atoms with E-state index in [2.05, 4.69) is 4.74 Å². The molecule has 0 amide bonds. The van der Waals surface area contributed by atoms with E-state index in [9.17, 15) is 13.2 Å². The van der Waals surface area contributed by atoms with Gasteiger partial charge in [-0.25, -0.2) is 0 Å². The minimum atomic E-state index is -4.78. The molecule has 0 bridgehead atoms. The molecule has 0 fully saturated rings. The molecular formula is C10H12ClF3O2. The fourth-order valence-electron chi connectivity index (χ4n) is 0.847. The van der Waals surface area contributed by atoms with Gasteiger partial charge in [0.25, 0.3) is 0 Å². The smallest absolute Gasteiger partial charge is 0.508 e. The zero-order valence-corrected chi connectivity index (χ0v) is 9.78. The first-order valence-electron chi connectivity index (χ1n) is 4.54. The van der Waals surface area contributed by atoms with Crippen LogP contribution in [-0.2, 0) is 0 Å². The molecule has 0 aromatic heterocycles. The molecule has 0 radical (unpaired) electrons. The molecule has 0 aliphatic carbocycles. The molecule has 0 saturated heterocycles. The third kappa shape index (κ3) is 4.61. The van der Waals surface area contributed by atoms with E-state index in [1.165, 1.54) is 6.92 Å². The van der Waals surface area contributed by atoms with Gasteiger partial charge in [0.1, 0.15) is 11.5 Å². The monoisotopic (exact) mass is 256 g/mol. The Hall–Kier alpha value is -1.10. The molecule has 0 spiro atoms. The van der Waals surface area contributed by atoms with Crippen LogP contribution in [0.25, 0.3) is 0 Å². The fraction of sp³-hybridized carbons (Fsp3) is 0.400. The number of aryl methyl sites for hydroxylation is 1. The van der Waals surface area contributed by atoms with Gasteiger partial charge in [0.15, 0.2) is 0 Å². The molecule has 0 saturated carbocycles. The number of rotatable bonds is 1. The lowest BCUT2D eigenvalue weighted by atomic mass is 10.2. The number of alkyl halides is 3. The van der Waals surface area contributed by atoms with Gasteiger partial charge in [-0.05, 0) is 18.6 Å². The Labute approximate surface area is 96.6 Å². The Bertz CT molecular complexity index is 351. The zero-order valence-electron chi connectivity index (χ0n) is 9.02. The number of phenols is 1. The molecule has 0 aliphatic heterocycles. The van der Waals surface area contributed by atoms with E-state index >= 15 is 0 Å². The lowest BCUT2D eigenvalue weighted by Crippen LogP contribution is -2.17. The van der Waals surface area contributed by atoms with Crippen molar-refractivity contribution in [1.82, 2.24) is 0 Å². The van der Waals surface area contributed by atoms with Crippen LogP contribution < -0.4 is 4.74 Å². The number of phenolic OH excluding ortho intramolecular Hbond substituents is 1. The Kier molecular flexibility index (Phi) is 5.44. The van der Waals surface area contributed by atoms with E-state index in [1.807, 2.05) is 13.8 Å². The minimum Gasteiger partial charge on any atom is -0.508 e. The molecule has 0 unspecified atom stereocenters. The fourth-order valence-corrected chi connectivity index (χ4v) is 1.04. The normalized spacial score (nSPS) is 10.4. The first-order chi connectivity index (χ1) is 7.29. The summed E-state index contributed by atoms with van der Waals surface area (Å²) in [6, 6.07) is 2.02. The Morgan fingerprint density at radius 2 is 1.75 bits per heavy atom. The highest BCUT2D eigenvalue weighted by Gasteiger charge is 2.32. The van der Waals surface area contributed by atoms with Crippen molar-refractivity contribution >= 4 is 11.6 Å². The predicted molar refractivity (Wildman–Crippen MR) is 55.9 cm³/mol. The number of ether oxygens (including phenoxy) is 1. The summed E-state index contributed by atoms with van der Waals surface area (Å²) in [5.41, 5.74) is 0.258. The highest BCUT2D eigenvalue weighted by atomic mass is 35.5. The van der Waals surface area contributed by atoms with Crippen molar-refractivity contribution < 1.29 is 23.0 Å². The van der Waals surface area contributed by atoms with Crippen LogP contribution in [0.5, 0.6) is 11.5 Å². The van der Waals surface area contributed by atoms with Crippen molar-refractivity contribution in [3.05, 3.63) is 22.7 Å². The van der Waals surface area contributed by atoms with Crippen molar-refractivity contribution in [3.63, 3.8) is 0 Å². The van der Waals surface area contributed by atoms with Gasteiger partial charge in [-0.1, -0.05) is 25.4 Å². The third-order valence-corrected chi connectivity index (χ3v) is 1.77. The van der Waals surface area contributed by atoms with Gasteiger partial charge in [0.05, 0.1) is 5.02 Å². The van der Waals surface area contributed by atoms with Crippen molar-refractivity contribution in [1.29, 1.82) is 0 Å². The number of hydrogen-bond acceptors (Lipinski definition) is 2. The quantitative estimate of drug-likeness (QED) is 0.813. The van der Waals surface area contributed by atoms with E-state index in [0.717, 1.165) is 12.1 Å². The topological polar surface area (TPSA) is 29.5 Å².